The molecule has 0 spiro atoms. The van der Waals surface area contributed by atoms with E-state index in [2.05, 4.69) is 20.9 Å². The normalized spacial score (nSPS) is 13.5. The van der Waals surface area contributed by atoms with E-state index < -0.39 is 60.9 Å². The number of aromatic nitrogens is 1. The van der Waals surface area contributed by atoms with Crippen LogP contribution < -0.4 is 27.4 Å². The summed E-state index contributed by atoms with van der Waals surface area (Å²) in [4.78, 5) is 62.2. The largest absolute Gasteiger partial charge is 0.480 e. The lowest BCUT2D eigenvalue weighted by molar-refractivity contribution is -0.142. The van der Waals surface area contributed by atoms with Gasteiger partial charge in [0.25, 0.3) is 0 Å². The standard InChI is InChI=1S/C21H28N6O7/c22-13(5-6-17(23)29)19(31)27-15(7-11-8-24-14-4-2-1-3-12(11)14)20(32)25-9-18(30)26-16(10-28)21(33)34/h1-4,8,13,15-16,24,28H,5-7,9-10,22H2,(H2,23,29)(H,25,32)(H,26,30)(H,27,31)(H,33,34). The van der Waals surface area contributed by atoms with Crippen LogP contribution in [0.15, 0.2) is 30.5 Å². The summed E-state index contributed by atoms with van der Waals surface area (Å²) in [5, 5.41) is 25.6. The first-order valence-corrected chi connectivity index (χ1v) is 10.4. The van der Waals surface area contributed by atoms with Gasteiger partial charge in [-0.3, -0.25) is 19.2 Å². The second kappa shape index (κ2) is 12.3. The van der Waals surface area contributed by atoms with Gasteiger partial charge in [0.15, 0.2) is 0 Å². The van der Waals surface area contributed by atoms with Crippen molar-refractivity contribution in [3.63, 3.8) is 0 Å². The van der Waals surface area contributed by atoms with Crippen LogP contribution in [0.4, 0.5) is 0 Å². The van der Waals surface area contributed by atoms with E-state index >= 15 is 0 Å². The zero-order chi connectivity index (χ0) is 25.3. The number of aromatic amines is 1. The topological polar surface area (TPSA) is 230 Å². The first-order chi connectivity index (χ1) is 16.1. The number of aliphatic hydroxyl groups excluding tert-OH is 1. The number of aliphatic hydroxyl groups is 1. The minimum atomic E-state index is -1.52. The number of carbonyl (C=O) groups excluding carboxylic acids is 4. The summed E-state index contributed by atoms with van der Waals surface area (Å²) in [6, 6.07) is 3.59. The summed E-state index contributed by atoms with van der Waals surface area (Å²) in [6.45, 7) is -1.41. The van der Waals surface area contributed by atoms with Gasteiger partial charge in [-0.1, -0.05) is 18.2 Å². The van der Waals surface area contributed by atoms with E-state index in [0.717, 1.165) is 16.5 Å². The lowest BCUT2D eigenvalue weighted by Gasteiger charge is -2.21. The lowest BCUT2D eigenvalue weighted by Crippen LogP contribution is -2.54. The molecule has 0 saturated carbocycles. The highest BCUT2D eigenvalue weighted by molar-refractivity contribution is 5.93. The van der Waals surface area contributed by atoms with Crippen molar-refractivity contribution in [2.45, 2.75) is 37.4 Å². The number of nitrogens with two attached hydrogens (primary N) is 2. The molecule has 0 saturated heterocycles. The van der Waals surface area contributed by atoms with Gasteiger partial charge in [-0.15, -0.1) is 0 Å². The average molecular weight is 476 g/mol. The highest BCUT2D eigenvalue weighted by Crippen LogP contribution is 2.19. The predicted molar refractivity (Wildman–Crippen MR) is 120 cm³/mol. The Bertz CT molecular complexity index is 1050. The Morgan fingerprint density at radius 2 is 1.74 bits per heavy atom. The van der Waals surface area contributed by atoms with E-state index in [1.807, 2.05) is 24.3 Å². The van der Waals surface area contributed by atoms with Gasteiger partial charge in [0.1, 0.15) is 12.1 Å². The lowest BCUT2D eigenvalue weighted by atomic mass is 10.0. The minimum Gasteiger partial charge on any atom is -0.480 e. The van der Waals surface area contributed by atoms with E-state index in [1.54, 1.807) is 6.20 Å². The average Bonchev–Trinajstić information content (AvgIpc) is 3.21. The fourth-order valence-corrected chi connectivity index (χ4v) is 3.16. The molecule has 13 nitrogen and oxygen atoms in total. The number of aliphatic carboxylic acids is 1. The van der Waals surface area contributed by atoms with Gasteiger partial charge in [-0.25, -0.2) is 4.79 Å². The number of para-hydroxylation sites is 1. The van der Waals surface area contributed by atoms with Crippen LogP contribution in [0, 0.1) is 0 Å². The third-order valence-electron chi connectivity index (χ3n) is 5.01. The fraction of sp³-hybridized carbons (Fsp3) is 0.381. The molecule has 34 heavy (non-hydrogen) atoms. The maximum absolute atomic E-state index is 12.8. The molecule has 1 aromatic carbocycles. The summed E-state index contributed by atoms with van der Waals surface area (Å²) in [5.74, 6) is -4.30. The molecule has 184 valence electrons. The van der Waals surface area contributed by atoms with Gasteiger partial charge in [-0.2, -0.15) is 0 Å². The molecule has 4 amide bonds. The third kappa shape index (κ3) is 7.56. The van der Waals surface area contributed by atoms with Gasteiger partial charge in [0.05, 0.1) is 19.2 Å². The minimum absolute atomic E-state index is 0.0112. The van der Waals surface area contributed by atoms with Crippen molar-refractivity contribution >= 4 is 40.5 Å². The Kier molecular flexibility index (Phi) is 9.52. The molecule has 3 unspecified atom stereocenters. The molecule has 2 rings (SSSR count). The second-order valence-electron chi connectivity index (χ2n) is 7.59. The monoisotopic (exact) mass is 476 g/mol. The molecule has 1 aromatic heterocycles. The number of benzene rings is 1. The first-order valence-electron chi connectivity index (χ1n) is 10.4. The maximum atomic E-state index is 12.8. The Hall–Kier alpha value is -3.97. The van der Waals surface area contributed by atoms with E-state index in [0.29, 0.717) is 0 Å². The van der Waals surface area contributed by atoms with Crippen molar-refractivity contribution in [2.75, 3.05) is 13.2 Å². The molecule has 0 fully saturated rings. The molecule has 0 bridgehead atoms. The van der Waals surface area contributed by atoms with Crippen LogP contribution in [0.25, 0.3) is 10.9 Å². The molecular formula is C21H28N6O7. The summed E-state index contributed by atoms with van der Waals surface area (Å²) >= 11 is 0. The van der Waals surface area contributed by atoms with Gasteiger partial charge in [0.2, 0.25) is 23.6 Å². The SMILES string of the molecule is NC(=O)CCC(N)C(=O)NC(Cc1c[nH]c2ccccc12)C(=O)NCC(=O)NC(CO)C(=O)O. The molecule has 13 heteroatoms. The van der Waals surface area contributed by atoms with Crippen LogP contribution in [-0.4, -0.2) is 76.1 Å². The number of rotatable bonds is 13. The molecule has 0 aliphatic heterocycles. The number of carboxylic acids is 1. The summed E-state index contributed by atoms with van der Waals surface area (Å²) in [7, 11) is 0. The van der Waals surface area contributed by atoms with Crippen molar-refractivity contribution in [2.24, 2.45) is 11.5 Å². The van der Waals surface area contributed by atoms with Crippen LogP contribution >= 0.6 is 0 Å². The van der Waals surface area contributed by atoms with Crippen molar-refractivity contribution in [3.05, 3.63) is 36.0 Å². The third-order valence-corrected chi connectivity index (χ3v) is 5.01. The van der Waals surface area contributed by atoms with Crippen molar-refractivity contribution in [1.82, 2.24) is 20.9 Å². The van der Waals surface area contributed by atoms with Crippen molar-refractivity contribution in [3.8, 4) is 0 Å². The Labute approximate surface area is 194 Å². The second-order valence-corrected chi connectivity index (χ2v) is 7.59. The summed E-state index contributed by atoms with van der Waals surface area (Å²) in [5.41, 5.74) is 12.4. The van der Waals surface area contributed by atoms with E-state index in [-0.39, 0.29) is 19.3 Å². The molecule has 1 heterocycles. The first kappa shape index (κ1) is 26.3. The number of amides is 4. The Morgan fingerprint density at radius 1 is 1.03 bits per heavy atom. The van der Waals surface area contributed by atoms with Crippen molar-refractivity contribution < 1.29 is 34.2 Å². The van der Waals surface area contributed by atoms with Crippen LogP contribution in [-0.2, 0) is 30.4 Å². The highest BCUT2D eigenvalue weighted by atomic mass is 16.4. The van der Waals surface area contributed by atoms with Crippen molar-refractivity contribution in [1.29, 1.82) is 0 Å². The number of carboxylic acid groups (broad SMARTS) is 1. The molecule has 2 aromatic rings. The van der Waals surface area contributed by atoms with E-state index in [1.165, 1.54) is 0 Å². The number of hydrogen-bond acceptors (Lipinski definition) is 7. The van der Waals surface area contributed by atoms with Gasteiger partial charge >= 0.3 is 5.97 Å². The number of carbonyl (C=O) groups is 5. The number of H-pyrrole nitrogens is 1. The Morgan fingerprint density at radius 3 is 2.38 bits per heavy atom. The molecule has 0 aliphatic rings. The number of hydrogen-bond donors (Lipinski definition) is 8. The van der Waals surface area contributed by atoms with Crippen LogP contribution in [0.1, 0.15) is 18.4 Å². The zero-order valence-corrected chi connectivity index (χ0v) is 18.2. The quantitative estimate of drug-likeness (QED) is 0.153. The van der Waals surface area contributed by atoms with E-state index in [9.17, 15) is 24.0 Å². The summed E-state index contributed by atoms with van der Waals surface area (Å²) in [6.07, 6.45) is 1.63. The number of fused-ring (bicyclic) bond motifs is 1. The predicted octanol–water partition coefficient (Wildman–Crippen LogP) is -2.53. The fourth-order valence-electron chi connectivity index (χ4n) is 3.16. The number of primary amides is 1. The van der Waals surface area contributed by atoms with Crippen LogP contribution in [0.3, 0.4) is 0 Å². The van der Waals surface area contributed by atoms with E-state index in [4.69, 9.17) is 21.7 Å². The Balaban J connectivity index is 2.11. The molecule has 0 radical (unpaired) electrons. The molecule has 3 atom stereocenters. The maximum Gasteiger partial charge on any atom is 0.328 e. The highest BCUT2D eigenvalue weighted by Gasteiger charge is 2.26. The zero-order valence-electron chi connectivity index (χ0n) is 18.2. The molecule has 0 aliphatic carbocycles. The van der Waals surface area contributed by atoms with Crippen LogP contribution in [0.2, 0.25) is 0 Å². The molecule has 10 N–H and O–H groups in total. The number of nitrogens with one attached hydrogen (secondary N) is 4. The van der Waals surface area contributed by atoms with Gasteiger partial charge in [-0.05, 0) is 18.1 Å². The molecular weight excluding hydrogens is 448 g/mol. The smallest absolute Gasteiger partial charge is 0.328 e. The van der Waals surface area contributed by atoms with Crippen LogP contribution in [0.5, 0.6) is 0 Å². The van der Waals surface area contributed by atoms with Gasteiger partial charge in [0, 0.05) is 29.9 Å². The summed E-state index contributed by atoms with van der Waals surface area (Å²) < 4.78 is 0. The van der Waals surface area contributed by atoms with Gasteiger partial charge < -0.3 is 42.6 Å².